The molecule has 1 aromatic rings. The number of carbonyl (C=O) groups excluding carboxylic acids is 1. The first-order valence-corrected chi connectivity index (χ1v) is 3.55. The SMILES string of the molecule is CCC(N)=O.O.c1ccccc1. The number of hydrogen-bond donors (Lipinski definition) is 1. The molecule has 0 saturated heterocycles. The van der Waals surface area contributed by atoms with Crippen molar-refractivity contribution < 1.29 is 10.3 Å². The van der Waals surface area contributed by atoms with Gasteiger partial charge in [-0.25, -0.2) is 0 Å². The summed E-state index contributed by atoms with van der Waals surface area (Å²) in [5.74, 6) is -0.245. The number of primary amides is 1. The van der Waals surface area contributed by atoms with Crippen LogP contribution >= 0.6 is 0 Å². The van der Waals surface area contributed by atoms with Gasteiger partial charge < -0.3 is 11.2 Å². The summed E-state index contributed by atoms with van der Waals surface area (Å²) < 4.78 is 0. The molecule has 0 aliphatic rings. The number of benzene rings is 1. The molecule has 1 aromatic carbocycles. The second-order valence-electron chi connectivity index (χ2n) is 1.97. The summed E-state index contributed by atoms with van der Waals surface area (Å²) in [5.41, 5.74) is 4.65. The Labute approximate surface area is 72.5 Å². The fraction of sp³-hybridized carbons (Fsp3) is 0.222. The van der Waals surface area contributed by atoms with Crippen LogP contribution in [-0.2, 0) is 4.79 Å². The van der Waals surface area contributed by atoms with Crippen molar-refractivity contribution in [3.63, 3.8) is 0 Å². The van der Waals surface area contributed by atoms with E-state index in [1.807, 2.05) is 36.4 Å². The van der Waals surface area contributed by atoms with E-state index in [2.05, 4.69) is 5.73 Å². The summed E-state index contributed by atoms with van der Waals surface area (Å²) in [6.45, 7) is 1.72. The quantitative estimate of drug-likeness (QED) is 0.661. The fourth-order valence-electron chi connectivity index (χ4n) is 0.385. The van der Waals surface area contributed by atoms with Crippen LogP contribution in [0.15, 0.2) is 36.4 Å². The van der Waals surface area contributed by atoms with Crippen LogP contribution < -0.4 is 5.73 Å². The van der Waals surface area contributed by atoms with Gasteiger partial charge in [0.25, 0.3) is 0 Å². The first-order valence-electron chi connectivity index (χ1n) is 3.55. The van der Waals surface area contributed by atoms with E-state index >= 15 is 0 Å². The van der Waals surface area contributed by atoms with E-state index < -0.39 is 0 Å². The lowest BCUT2D eigenvalue weighted by Gasteiger charge is -1.73. The van der Waals surface area contributed by atoms with Crippen molar-refractivity contribution in [1.29, 1.82) is 0 Å². The Morgan fingerprint density at radius 1 is 1.08 bits per heavy atom. The predicted octanol–water partition coefficient (Wildman–Crippen LogP) is 0.744. The molecule has 0 atom stereocenters. The standard InChI is InChI=1S/C6H6.C3H7NO.H2O/c1-2-4-6-5-3-1;1-2-3(4)5;/h1-6H;2H2,1H3,(H2,4,5);1H2. The molecule has 0 aliphatic carbocycles. The van der Waals surface area contributed by atoms with Crippen LogP contribution in [0.5, 0.6) is 0 Å². The zero-order valence-corrected chi connectivity index (χ0v) is 7.16. The zero-order valence-electron chi connectivity index (χ0n) is 7.16. The predicted molar refractivity (Wildman–Crippen MR) is 49.5 cm³/mol. The second kappa shape index (κ2) is 9.65. The number of nitrogens with two attached hydrogens (primary N) is 1. The van der Waals surface area contributed by atoms with Gasteiger partial charge in [0, 0.05) is 6.42 Å². The first kappa shape index (κ1) is 13.3. The van der Waals surface area contributed by atoms with Gasteiger partial charge in [0.15, 0.2) is 0 Å². The highest BCUT2D eigenvalue weighted by Crippen LogP contribution is 1.79. The molecule has 0 spiro atoms. The van der Waals surface area contributed by atoms with E-state index in [1.165, 1.54) is 0 Å². The molecule has 68 valence electrons. The van der Waals surface area contributed by atoms with Crippen LogP contribution in [-0.4, -0.2) is 11.4 Å². The van der Waals surface area contributed by atoms with Gasteiger partial charge in [0.05, 0.1) is 0 Å². The van der Waals surface area contributed by atoms with Gasteiger partial charge in [-0.2, -0.15) is 0 Å². The van der Waals surface area contributed by atoms with E-state index in [9.17, 15) is 4.79 Å². The lowest BCUT2D eigenvalue weighted by molar-refractivity contribution is -0.117. The molecule has 0 aromatic heterocycles. The minimum Gasteiger partial charge on any atom is -0.412 e. The molecule has 0 bridgehead atoms. The highest BCUT2D eigenvalue weighted by atomic mass is 16.1. The summed E-state index contributed by atoms with van der Waals surface area (Å²) in [5, 5.41) is 0. The van der Waals surface area contributed by atoms with Crippen LogP contribution in [0.4, 0.5) is 0 Å². The lowest BCUT2D eigenvalue weighted by atomic mass is 10.4. The maximum Gasteiger partial charge on any atom is 0.217 e. The summed E-state index contributed by atoms with van der Waals surface area (Å²) in [7, 11) is 0. The first-order chi connectivity index (χ1) is 5.27. The molecule has 1 rings (SSSR count). The third-order valence-corrected chi connectivity index (χ3v) is 1.02. The summed E-state index contributed by atoms with van der Waals surface area (Å²) in [6.07, 6.45) is 0.444. The number of hydrogen-bond acceptors (Lipinski definition) is 1. The van der Waals surface area contributed by atoms with Crippen molar-refractivity contribution >= 4 is 5.91 Å². The van der Waals surface area contributed by atoms with Gasteiger partial charge in [-0.1, -0.05) is 43.3 Å². The van der Waals surface area contributed by atoms with Crippen molar-refractivity contribution in [1.82, 2.24) is 0 Å². The molecule has 0 heterocycles. The van der Waals surface area contributed by atoms with Crippen molar-refractivity contribution in [3.05, 3.63) is 36.4 Å². The molecular formula is C9H15NO2. The zero-order chi connectivity index (χ0) is 8.53. The Hall–Kier alpha value is -1.35. The van der Waals surface area contributed by atoms with Crippen LogP contribution in [0.2, 0.25) is 0 Å². The second-order valence-corrected chi connectivity index (χ2v) is 1.97. The Balaban J connectivity index is 0. The molecule has 1 amide bonds. The largest absolute Gasteiger partial charge is 0.412 e. The average molecular weight is 169 g/mol. The molecule has 0 aliphatic heterocycles. The molecule has 0 fully saturated rings. The van der Waals surface area contributed by atoms with Gasteiger partial charge >= 0.3 is 0 Å². The fourth-order valence-corrected chi connectivity index (χ4v) is 0.385. The Kier molecular flexibility index (Phi) is 10.7. The van der Waals surface area contributed by atoms with Crippen molar-refractivity contribution in [2.45, 2.75) is 13.3 Å². The van der Waals surface area contributed by atoms with Crippen molar-refractivity contribution in [2.24, 2.45) is 5.73 Å². The van der Waals surface area contributed by atoms with E-state index in [0.717, 1.165) is 0 Å². The molecule has 0 saturated carbocycles. The third kappa shape index (κ3) is 11.4. The number of carbonyl (C=O) groups is 1. The van der Waals surface area contributed by atoms with Crippen LogP contribution in [0.25, 0.3) is 0 Å². The summed E-state index contributed by atoms with van der Waals surface area (Å²) in [4.78, 5) is 9.59. The van der Waals surface area contributed by atoms with Crippen molar-refractivity contribution in [2.75, 3.05) is 0 Å². The minimum atomic E-state index is -0.245. The monoisotopic (exact) mass is 169 g/mol. The lowest BCUT2D eigenvalue weighted by Crippen LogP contribution is -2.06. The maximum absolute atomic E-state index is 9.59. The van der Waals surface area contributed by atoms with E-state index in [1.54, 1.807) is 6.92 Å². The molecule has 0 radical (unpaired) electrons. The molecule has 0 unspecified atom stereocenters. The van der Waals surface area contributed by atoms with Crippen molar-refractivity contribution in [3.8, 4) is 0 Å². The van der Waals surface area contributed by atoms with Gasteiger partial charge in [-0.3, -0.25) is 4.79 Å². The topological polar surface area (TPSA) is 74.6 Å². The van der Waals surface area contributed by atoms with Crippen LogP contribution in [0.1, 0.15) is 13.3 Å². The van der Waals surface area contributed by atoms with Gasteiger partial charge in [-0.05, 0) is 0 Å². The maximum atomic E-state index is 9.59. The van der Waals surface area contributed by atoms with Crippen LogP contribution in [0.3, 0.4) is 0 Å². The minimum absolute atomic E-state index is 0. The molecule has 4 N–H and O–H groups in total. The molecular weight excluding hydrogens is 154 g/mol. The van der Waals surface area contributed by atoms with E-state index in [0.29, 0.717) is 6.42 Å². The normalized spacial score (nSPS) is 7.08. The highest BCUT2D eigenvalue weighted by Gasteiger charge is 1.77. The molecule has 3 heteroatoms. The van der Waals surface area contributed by atoms with Crippen LogP contribution in [0, 0.1) is 0 Å². The van der Waals surface area contributed by atoms with E-state index in [4.69, 9.17) is 0 Å². The Bertz CT molecular complexity index is 160. The Morgan fingerprint density at radius 2 is 1.25 bits per heavy atom. The average Bonchev–Trinajstić information content (AvgIpc) is 2.09. The highest BCUT2D eigenvalue weighted by molar-refractivity contribution is 5.73. The summed E-state index contributed by atoms with van der Waals surface area (Å²) in [6, 6.07) is 12.0. The molecule has 12 heavy (non-hydrogen) atoms. The molecule has 3 nitrogen and oxygen atoms in total. The number of amides is 1. The Morgan fingerprint density at radius 3 is 1.33 bits per heavy atom. The van der Waals surface area contributed by atoms with Gasteiger partial charge in [0.1, 0.15) is 0 Å². The van der Waals surface area contributed by atoms with Gasteiger partial charge in [0.2, 0.25) is 5.91 Å². The van der Waals surface area contributed by atoms with Gasteiger partial charge in [-0.15, -0.1) is 0 Å². The smallest absolute Gasteiger partial charge is 0.217 e. The summed E-state index contributed by atoms with van der Waals surface area (Å²) >= 11 is 0. The number of rotatable bonds is 1. The van der Waals surface area contributed by atoms with E-state index in [-0.39, 0.29) is 11.4 Å². The third-order valence-electron chi connectivity index (χ3n) is 1.02.